The molecule has 1 nitrogen and oxygen atoms in total. The highest BCUT2D eigenvalue weighted by atomic mass is 16.5. The predicted octanol–water partition coefficient (Wildman–Crippen LogP) is 5.46. The van der Waals surface area contributed by atoms with Crippen molar-refractivity contribution in [2.75, 3.05) is 6.61 Å². The SMILES string of the molecule is CC=COCC1CCCCCCCCCCC1. The van der Waals surface area contributed by atoms with Gasteiger partial charge in [-0.3, -0.25) is 0 Å². The zero-order valence-electron chi connectivity index (χ0n) is 11.6. The summed E-state index contributed by atoms with van der Waals surface area (Å²) < 4.78 is 5.57. The van der Waals surface area contributed by atoms with Gasteiger partial charge in [-0.15, -0.1) is 0 Å². The molecule has 0 aromatic heterocycles. The quantitative estimate of drug-likeness (QED) is 0.593. The highest BCUT2D eigenvalue weighted by Gasteiger charge is 2.09. The zero-order chi connectivity index (χ0) is 12.2. The minimum absolute atomic E-state index is 0.797. The molecule has 0 spiro atoms. The first-order valence-electron chi connectivity index (χ1n) is 7.66. The van der Waals surface area contributed by atoms with Gasteiger partial charge in [-0.05, 0) is 25.7 Å². The average molecular weight is 238 g/mol. The van der Waals surface area contributed by atoms with Crippen LogP contribution in [0.25, 0.3) is 0 Å². The van der Waals surface area contributed by atoms with Gasteiger partial charge in [0.2, 0.25) is 0 Å². The third-order valence-corrected chi connectivity index (χ3v) is 3.79. The van der Waals surface area contributed by atoms with Crippen molar-refractivity contribution in [2.45, 2.75) is 77.6 Å². The van der Waals surface area contributed by atoms with Crippen molar-refractivity contribution in [2.24, 2.45) is 5.92 Å². The Hall–Kier alpha value is -0.460. The van der Waals surface area contributed by atoms with Crippen LogP contribution >= 0.6 is 0 Å². The number of hydrogen-bond donors (Lipinski definition) is 0. The van der Waals surface area contributed by atoms with Crippen LogP contribution in [0.15, 0.2) is 12.3 Å². The standard InChI is InChI=1S/C16H30O/c1-2-14-17-15-16-12-10-8-6-4-3-5-7-9-11-13-16/h2,14,16H,3-13,15H2,1H3. The molecule has 0 aliphatic heterocycles. The Morgan fingerprint density at radius 1 is 0.824 bits per heavy atom. The normalized spacial score (nSPS) is 21.9. The fraction of sp³-hybridized carbons (Fsp3) is 0.875. The Morgan fingerprint density at radius 3 is 1.76 bits per heavy atom. The van der Waals surface area contributed by atoms with Gasteiger partial charge in [0.15, 0.2) is 0 Å². The highest BCUT2D eigenvalue weighted by molar-refractivity contribution is 4.68. The van der Waals surface area contributed by atoms with Gasteiger partial charge in [-0.1, -0.05) is 63.9 Å². The topological polar surface area (TPSA) is 9.23 Å². The van der Waals surface area contributed by atoms with Crippen molar-refractivity contribution < 1.29 is 4.74 Å². The second-order valence-corrected chi connectivity index (χ2v) is 5.43. The first kappa shape index (κ1) is 14.6. The molecule has 1 rings (SSSR count). The van der Waals surface area contributed by atoms with E-state index in [2.05, 4.69) is 0 Å². The van der Waals surface area contributed by atoms with E-state index in [0.717, 1.165) is 12.5 Å². The summed E-state index contributed by atoms with van der Waals surface area (Å²) >= 11 is 0. The first-order valence-corrected chi connectivity index (χ1v) is 7.66. The second-order valence-electron chi connectivity index (χ2n) is 5.43. The summed E-state index contributed by atoms with van der Waals surface area (Å²) in [5, 5.41) is 0. The van der Waals surface area contributed by atoms with Crippen molar-refractivity contribution >= 4 is 0 Å². The van der Waals surface area contributed by atoms with E-state index >= 15 is 0 Å². The van der Waals surface area contributed by atoms with E-state index in [1.165, 1.54) is 70.6 Å². The van der Waals surface area contributed by atoms with Crippen LogP contribution in [-0.4, -0.2) is 6.61 Å². The van der Waals surface area contributed by atoms with Crippen molar-refractivity contribution in [1.29, 1.82) is 0 Å². The third kappa shape index (κ3) is 8.29. The molecular weight excluding hydrogens is 208 g/mol. The number of allylic oxidation sites excluding steroid dienone is 1. The molecule has 0 saturated heterocycles. The zero-order valence-corrected chi connectivity index (χ0v) is 11.6. The molecule has 1 aliphatic carbocycles. The summed E-state index contributed by atoms with van der Waals surface area (Å²) in [6.07, 6.45) is 19.5. The molecule has 1 saturated carbocycles. The summed E-state index contributed by atoms with van der Waals surface area (Å²) in [5.41, 5.74) is 0. The van der Waals surface area contributed by atoms with Gasteiger partial charge in [0, 0.05) is 0 Å². The van der Waals surface area contributed by atoms with E-state index in [9.17, 15) is 0 Å². The van der Waals surface area contributed by atoms with Crippen LogP contribution in [0.5, 0.6) is 0 Å². The molecule has 100 valence electrons. The molecule has 0 atom stereocenters. The second kappa shape index (κ2) is 10.7. The van der Waals surface area contributed by atoms with Crippen molar-refractivity contribution in [3.8, 4) is 0 Å². The molecule has 1 fully saturated rings. The summed E-state index contributed by atoms with van der Waals surface area (Å²) in [6.45, 7) is 2.95. The predicted molar refractivity (Wildman–Crippen MR) is 75.0 cm³/mol. The maximum absolute atomic E-state index is 5.57. The molecule has 0 unspecified atom stereocenters. The van der Waals surface area contributed by atoms with E-state index in [1.807, 2.05) is 19.3 Å². The van der Waals surface area contributed by atoms with Gasteiger partial charge < -0.3 is 4.74 Å². The van der Waals surface area contributed by atoms with Gasteiger partial charge in [-0.2, -0.15) is 0 Å². The van der Waals surface area contributed by atoms with E-state index < -0.39 is 0 Å². The molecule has 0 aromatic carbocycles. The maximum atomic E-state index is 5.57. The molecule has 0 radical (unpaired) electrons. The molecule has 0 heterocycles. The number of ether oxygens (including phenoxy) is 1. The minimum Gasteiger partial charge on any atom is -0.501 e. The van der Waals surface area contributed by atoms with E-state index in [1.54, 1.807) is 0 Å². The summed E-state index contributed by atoms with van der Waals surface area (Å²) in [4.78, 5) is 0. The molecule has 0 amide bonds. The molecule has 1 heteroatoms. The lowest BCUT2D eigenvalue weighted by molar-refractivity contribution is 0.176. The summed E-state index contributed by atoms with van der Waals surface area (Å²) in [6, 6.07) is 0. The molecule has 0 aromatic rings. The highest BCUT2D eigenvalue weighted by Crippen LogP contribution is 2.21. The van der Waals surface area contributed by atoms with Gasteiger partial charge in [0.25, 0.3) is 0 Å². The molecule has 1 aliphatic rings. The van der Waals surface area contributed by atoms with Crippen molar-refractivity contribution in [3.63, 3.8) is 0 Å². The van der Waals surface area contributed by atoms with Crippen molar-refractivity contribution in [1.82, 2.24) is 0 Å². The Morgan fingerprint density at radius 2 is 1.29 bits per heavy atom. The first-order chi connectivity index (χ1) is 8.43. The van der Waals surface area contributed by atoms with Crippen LogP contribution < -0.4 is 0 Å². The van der Waals surface area contributed by atoms with E-state index in [0.29, 0.717) is 0 Å². The maximum Gasteiger partial charge on any atom is 0.0901 e. The van der Waals surface area contributed by atoms with Gasteiger partial charge in [-0.25, -0.2) is 0 Å². The van der Waals surface area contributed by atoms with E-state index in [4.69, 9.17) is 4.74 Å². The third-order valence-electron chi connectivity index (χ3n) is 3.79. The van der Waals surface area contributed by atoms with Crippen molar-refractivity contribution in [3.05, 3.63) is 12.3 Å². The monoisotopic (exact) mass is 238 g/mol. The van der Waals surface area contributed by atoms with Crippen LogP contribution in [0.1, 0.15) is 77.6 Å². The number of hydrogen-bond acceptors (Lipinski definition) is 1. The van der Waals surface area contributed by atoms with Crippen LogP contribution in [-0.2, 0) is 4.74 Å². The van der Waals surface area contributed by atoms with Crippen LogP contribution in [0.4, 0.5) is 0 Å². The van der Waals surface area contributed by atoms with Gasteiger partial charge >= 0.3 is 0 Å². The fourth-order valence-electron chi connectivity index (χ4n) is 2.70. The van der Waals surface area contributed by atoms with E-state index in [-0.39, 0.29) is 0 Å². The van der Waals surface area contributed by atoms with Crippen LogP contribution in [0.3, 0.4) is 0 Å². The summed E-state index contributed by atoms with van der Waals surface area (Å²) in [5.74, 6) is 0.797. The minimum atomic E-state index is 0.797. The number of rotatable bonds is 3. The van der Waals surface area contributed by atoms with Gasteiger partial charge in [0.1, 0.15) is 0 Å². The van der Waals surface area contributed by atoms with Crippen LogP contribution in [0, 0.1) is 5.92 Å². The average Bonchev–Trinajstić information content (AvgIpc) is 2.32. The molecule has 0 bridgehead atoms. The molecular formula is C16H30O. The fourth-order valence-corrected chi connectivity index (χ4v) is 2.70. The van der Waals surface area contributed by atoms with Crippen LogP contribution in [0.2, 0.25) is 0 Å². The molecule has 17 heavy (non-hydrogen) atoms. The smallest absolute Gasteiger partial charge is 0.0901 e. The summed E-state index contributed by atoms with van der Waals surface area (Å²) in [7, 11) is 0. The van der Waals surface area contributed by atoms with Gasteiger partial charge in [0.05, 0.1) is 12.9 Å². The Balaban J connectivity index is 2.22. The lowest BCUT2D eigenvalue weighted by Crippen LogP contribution is -2.08. The largest absolute Gasteiger partial charge is 0.501 e. The molecule has 0 N–H and O–H groups in total. The lowest BCUT2D eigenvalue weighted by atomic mass is 9.93. The lowest BCUT2D eigenvalue weighted by Gasteiger charge is -2.17. The Kier molecular flexibility index (Phi) is 9.17. The Bertz CT molecular complexity index is 174. The Labute approximate surface area is 108 Å².